The van der Waals surface area contributed by atoms with E-state index in [1.807, 2.05) is 6.92 Å². The molecule has 1 aromatic heterocycles. The molecular formula is C15H20N2O4S. The Labute approximate surface area is 130 Å². The van der Waals surface area contributed by atoms with Gasteiger partial charge in [-0.05, 0) is 37.6 Å². The molecule has 1 aromatic carbocycles. The Morgan fingerprint density at radius 1 is 1.27 bits per heavy atom. The van der Waals surface area contributed by atoms with Crippen LogP contribution in [0.15, 0.2) is 39.8 Å². The molecule has 0 fully saturated rings. The molecule has 0 atom stereocenters. The minimum atomic E-state index is -3.57. The molecule has 0 aliphatic rings. The summed E-state index contributed by atoms with van der Waals surface area (Å²) >= 11 is 0. The second kappa shape index (κ2) is 6.93. The number of ether oxygens (including phenoxy) is 1. The topological polar surface area (TPSA) is 72.6 Å². The Morgan fingerprint density at radius 2 is 1.95 bits per heavy atom. The highest BCUT2D eigenvalue weighted by Crippen LogP contribution is 2.20. The number of benzene rings is 1. The van der Waals surface area contributed by atoms with Crippen molar-refractivity contribution in [3.8, 4) is 5.75 Å². The maximum atomic E-state index is 12.5. The predicted octanol–water partition coefficient (Wildman–Crippen LogP) is 2.59. The van der Waals surface area contributed by atoms with Gasteiger partial charge in [-0.2, -0.15) is 4.31 Å². The van der Waals surface area contributed by atoms with Gasteiger partial charge in [-0.1, -0.05) is 12.1 Å². The highest BCUT2D eigenvalue weighted by atomic mass is 32.2. The largest absolute Gasteiger partial charge is 0.494 e. The third-order valence-corrected chi connectivity index (χ3v) is 4.88. The minimum absolute atomic E-state index is 0.160. The number of aryl methyl sites for hydroxylation is 1. The predicted molar refractivity (Wildman–Crippen MR) is 82.1 cm³/mol. The molecular weight excluding hydrogens is 304 g/mol. The van der Waals surface area contributed by atoms with E-state index in [-0.39, 0.29) is 11.4 Å². The Hall–Kier alpha value is -1.86. The summed E-state index contributed by atoms with van der Waals surface area (Å²) in [7, 11) is -2.05. The molecule has 0 aliphatic carbocycles. The maximum Gasteiger partial charge on any atom is 0.243 e. The summed E-state index contributed by atoms with van der Waals surface area (Å²) in [4.78, 5) is 0.221. The molecule has 0 aliphatic heterocycles. The van der Waals surface area contributed by atoms with Crippen LogP contribution in [0.1, 0.15) is 24.8 Å². The second-order valence-corrected chi connectivity index (χ2v) is 7.05. The van der Waals surface area contributed by atoms with E-state index >= 15 is 0 Å². The first-order chi connectivity index (χ1) is 10.4. The van der Waals surface area contributed by atoms with E-state index in [1.54, 1.807) is 37.3 Å². The van der Waals surface area contributed by atoms with E-state index in [2.05, 4.69) is 5.16 Å². The molecule has 0 amide bonds. The molecule has 7 heteroatoms. The summed E-state index contributed by atoms with van der Waals surface area (Å²) in [6.45, 7) is 4.55. The number of aromatic nitrogens is 1. The van der Waals surface area contributed by atoms with E-state index in [0.29, 0.717) is 23.8 Å². The van der Waals surface area contributed by atoms with Crippen molar-refractivity contribution in [3.63, 3.8) is 0 Å². The van der Waals surface area contributed by atoms with E-state index in [4.69, 9.17) is 9.26 Å². The van der Waals surface area contributed by atoms with Crippen LogP contribution < -0.4 is 4.74 Å². The fourth-order valence-corrected chi connectivity index (χ4v) is 3.06. The Balaban J connectivity index is 2.11. The average Bonchev–Trinajstić information content (AvgIpc) is 2.90. The summed E-state index contributed by atoms with van der Waals surface area (Å²) < 4.78 is 36.6. The summed E-state index contributed by atoms with van der Waals surface area (Å²) in [6, 6.07) is 8.14. The SMILES string of the molecule is CCCOc1ccc(S(=O)(=O)N(C)Cc2cc(C)on2)cc1. The van der Waals surface area contributed by atoms with Crippen LogP contribution in [0, 0.1) is 6.92 Å². The van der Waals surface area contributed by atoms with E-state index < -0.39 is 10.0 Å². The van der Waals surface area contributed by atoms with Crippen molar-refractivity contribution in [3.05, 3.63) is 41.8 Å². The molecule has 0 N–H and O–H groups in total. The number of hydrogen-bond donors (Lipinski definition) is 0. The lowest BCUT2D eigenvalue weighted by Gasteiger charge is -2.16. The second-order valence-electron chi connectivity index (χ2n) is 5.01. The minimum Gasteiger partial charge on any atom is -0.494 e. The maximum absolute atomic E-state index is 12.5. The molecule has 2 aromatic rings. The lowest BCUT2D eigenvalue weighted by molar-refractivity contribution is 0.317. The van der Waals surface area contributed by atoms with Crippen molar-refractivity contribution in [2.45, 2.75) is 31.7 Å². The van der Waals surface area contributed by atoms with Crippen molar-refractivity contribution in [2.75, 3.05) is 13.7 Å². The normalized spacial score (nSPS) is 11.8. The molecule has 1 heterocycles. The zero-order valence-corrected chi connectivity index (χ0v) is 13.8. The van der Waals surface area contributed by atoms with Crippen LogP contribution in [-0.4, -0.2) is 31.5 Å². The summed E-state index contributed by atoms with van der Waals surface area (Å²) in [5, 5.41) is 3.81. The van der Waals surface area contributed by atoms with Gasteiger partial charge in [-0.15, -0.1) is 0 Å². The standard InChI is InChI=1S/C15H20N2O4S/c1-4-9-20-14-5-7-15(8-6-14)22(18,19)17(3)11-13-10-12(2)21-16-13/h5-8,10H,4,9,11H2,1-3H3. The summed E-state index contributed by atoms with van der Waals surface area (Å²) in [6.07, 6.45) is 0.903. The summed E-state index contributed by atoms with van der Waals surface area (Å²) in [5.74, 6) is 1.31. The average molecular weight is 324 g/mol. The Morgan fingerprint density at radius 3 is 2.50 bits per heavy atom. The highest BCUT2D eigenvalue weighted by molar-refractivity contribution is 7.89. The highest BCUT2D eigenvalue weighted by Gasteiger charge is 2.22. The third kappa shape index (κ3) is 3.86. The van der Waals surface area contributed by atoms with Gasteiger partial charge in [-0.25, -0.2) is 8.42 Å². The van der Waals surface area contributed by atoms with Gasteiger partial charge in [0.15, 0.2) is 0 Å². The van der Waals surface area contributed by atoms with Crippen molar-refractivity contribution < 1.29 is 17.7 Å². The Bertz CT molecular complexity index is 707. The fraction of sp³-hybridized carbons (Fsp3) is 0.400. The van der Waals surface area contributed by atoms with Crippen molar-refractivity contribution in [1.82, 2.24) is 9.46 Å². The van der Waals surface area contributed by atoms with Gasteiger partial charge in [0.05, 0.1) is 23.7 Å². The van der Waals surface area contributed by atoms with Gasteiger partial charge in [0.2, 0.25) is 10.0 Å². The first-order valence-electron chi connectivity index (χ1n) is 7.05. The molecule has 2 rings (SSSR count). The summed E-state index contributed by atoms with van der Waals surface area (Å²) in [5.41, 5.74) is 0.575. The van der Waals surface area contributed by atoms with Crippen molar-refractivity contribution >= 4 is 10.0 Å². The van der Waals surface area contributed by atoms with Crippen LogP contribution in [0.5, 0.6) is 5.75 Å². The molecule has 0 radical (unpaired) electrons. The first-order valence-corrected chi connectivity index (χ1v) is 8.49. The van der Waals surface area contributed by atoms with E-state index in [1.165, 1.54) is 11.4 Å². The Kier molecular flexibility index (Phi) is 5.20. The quantitative estimate of drug-likeness (QED) is 0.783. The smallest absolute Gasteiger partial charge is 0.243 e. The van der Waals surface area contributed by atoms with Gasteiger partial charge < -0.3 is 9.26 Å². The molecule has 22 heavy (non-hydrogen) atoms. The third-order valence-electron chi connectivity index (χ3n) is 3.07. The van der Waals surface area contributed by atoms with Gasteiger partial charge in [-0.3, -0.25) is 0 Å². The van der Waals surface area contributed by atoms with Crippen LogP contribution in [0.2, 0.25) is 0 Å². The fourth-order valence-electron chi connectivity index (χ4n) is 1.91. The molecule has 0 unspecified atom stereocenters. The van der Waals surface area contributed by atoms with E-state index in [9.17, 15) is 8.42 Å². The number of sulfonamides is 1. The van der Waals surface area contributed by atoms with Gasteiger partial charge >= 0.3 is 0 Å². The zero-order valence-electron chi connectivity index (χ0n) is 12.9. The number of hydrogen-bond acceptors (Lipinski definition) is 5. The molecule has 0 spiro atoms. The van der Waals surface area contributed by atoms with Crippen LogP contribution in [-0.2, 0) is 16.6 Å². The molecule has 0 saturated carbocycles. The molecule has 6 nitrogen and oxygen atoms in total. The molecule has 0 saturated heterocycles. The van der Waals surface area contributed by atoms with Crippen LogP contribution >= 0.6 is 0 Å². The molecule has 0 bridgehead atoms. The number of rotatable bonds is 7. The first kappa shape index (κ1) is 16.5. The monoisotopic (exact) mass is 324 g/mol. The molecule has 120 valence electrons. The van der Waals surface area contributed by atoms with Crippen molar-refractivity contribution in [2.24, 2.45) is 0 Å². The van der Waals surface area contributed by atoms with Gasteiger partial charge in [0.25, 0.3) is 0 Å². The van der Waals surface area contributed by atoms with Crippen LogP contribution in [0.3, 0.4) is 0 Å². The van der Waals surface area contributed by atoms with Crippen LogP contribution in [0.4, 0.5) is 0 Å². The van der Waals surface area contributed by atoms with Gasteiger partial charge in [0.1, 0.15) is 11.5 Å². The zero-order chi connectivity index (χ0) is 16.2. The van der Waals surface area contributed by atoms with Gasteiger partial charge in [0, 0.05) is 13.1 Å². The number of nitrogens with zero attached hydrogens (tertiary/aromatic N) is 2. The lowest BCUT2D eigenvalue weighted by atomic mass is 10.3. The van der Waals surface area contributed by atoms with Crippen molar-refractivity contribution in [1.29, 1.82) is 0 Å². The van der Waals surface area contributed by atoms with Crippen LogP contribution in [0.25, 0.3) is 0 Å². The van der Waals surface area contributed by atoms with E-state index in [0.717, 1.165) is 6.42 Å². The lowest BCUT2D eigenvalue weighted by Crippen LogP contribution is -2.26.